The molecule has 1 aliphatic carbocycles. The van der Waals surface area contributed by atoms with Crippen molar-refractivity contribution >= 4 is 10.2 Å². The zero-order chi connectivity index (χ0) is 14.2. The Labute approximate surface area is 121 Å². The Kier molecular flexibility index (Phi) is 3.60. The van der Waals surface area contributed by atoms with E-state index in [1.54, 1.807) is 4.31 Å². The SMILES string of the molecule is Cc1cccc(CC2(NS(=O)(=O)N3CCCC3)CC2)c1. The molecule has 2 aliphatic rings. The molecule has 1 saturated carbocycles. The van der Waals surface area contributed by atoms with Crippen molar-refractivity contribution in [2.45, 2.75) is 44.6 Å². The maximum Gasteiger partial charge on any atom is 0.279 e. The average molecular weight is 294 g/mol. The average Bonchev–Trinajstić information content (AvgIpc) is 2.92. The zero-order valence-corrected chi connectivity index (χ0v) is 12.7. The zero-order valence-electron chi connectivity index (χ0n) is 11.9. The van der Waals surface area contributed by atoms with E-state index in [1.807, 2.05) is 6.07 Å². The number of aryl methyl sites for hydroxylation is 1. The molecule has 0 radical (unpaired) electrons. The van der Waals surface area contributed by atoms with Gasteiger partial charge in [-0.15, -0.1) is 0 Å². The van der Waals surface area contributed by atoms with Crippen molar-refractivity contribution in [2.24, 2.45) is 0 Å². The van der Waals surface area contributed by atoms with Crippen molar-refractivity contribution in [3.63, 3.8) is 0 Å². The smallest absolute Gasteiger partial charge is 0.196 e. The summed E-state index contributed by atoms with van der Waals surface area (Å²) in [5.41, 5.74) is 2.20. The highest BCUT2D eigenvalue weighted by Crippen LogP contribution is 2.39. The van der Waals surface area contributed by atoms with Gasteiger partial charge in [0.2, 0.25) is 0 Å². The van der Waals surface area contributed by atoms with Crippen LogP contribution >= 0.6 is 0 Å². The van der Waals surface area contributed by atoms with Gasteiger partial charge >= 0.3 is 0 Å². The summed E-state index contributed by atoms with van der Waals surface area (Å²) in [7, 11) is -3.30. The molecule has 1 saturated heterocycles. The molecule has 4 nitrogen and oxygen atoms in total. The van der Waals surface area contributed by atoms with Crippen molar-refractivity contribution < 1.29 is 8.42 Å². The molecule has 2 fully saturated rings. The van der Waals surface area contributed by atoms with E-state index >= 15 is 0 Å². The summed E-state index contributed by atoms with van der Waals surface area (Å²) in [5, 5.41) is 0. The summed E-state index contributed by atoms with van der Waals surface area (Å²) in [4.78, 5) is 0. The lowest BCUT2D eigenvalue weighted by atomic mass is 10.0. The second-order valence-electron chi connectivity index (χ2n) is 6.16. The molecule has 110 valence electrons. The predicted octanol–water partition coefficient (Wildman–Crippen LogP) is 2.00. The van der Waals surface area contributed by atoms with Gasteiger partial charge in [0.25, 0.3) is 10.2 Å². The van der Waals surface area contributed by atoms with Gasteiger partial charge in [-0.2, -0.15) is 17.4 Å². The third kappa shape index (κ3) is 3.05. The molecule has 1 aliphatic heterocycles. The van der Waals surface area contributed by atoms with Crippen molar-refractivity contribution in [2.75, 3.05) is 13.1 Å². The van der Waals surface area contributed by atoms with Gasteiger partial charge < -0.3 is 0 Å². The lowest BCUT2D eigenvalue weighted by Crippen LogP contribution is -2.46. The molecule has 1 N–H and O–H groups in total. The summed E-state index contributed by atoms with van der Waals surface area (Å²) >= 11 is 0. The summed E-state index contributed by atoms with van der Waals surface area (Å²) in [6.07, 6.45) is 4.63. The molecule has 3 rings (SSSR count). The van der Waals surface area contributed by atoms with Crippen molar-refractivity contribution in [3.8, 4) is 0 Å². The largest absolute Gasteiger partial charge is 0.279 e. The molecule has 1 heterocycles. The molecular formula is C15H22N2O2S. The van der Waals surface area contributed by atoms with Crippen LogP contribution in [0.1, 0.15) is 36.8 Å². The third-order valence-electron chi connectivity index (χ3n) is 4.23. The van der Waals surface area contributed by atoms with Gasteiger partial charge in [0.1, 0.15) is 0 Å². The van der Waals surface area contributed by atoms with Gasteiger partial charge in [-0.25, -0.2) is 0 Å². The third-order valence-corrected chi connectivity index (χ3v) is 5.96. The standard InChI is InChI=1S/C15H22N2O2S/c1-13-5-4-6-14(11-13)12-15(7-8-15)16-20(18,19)17-9-2-3-10-17/h4-6,11,16H,2-3,7-10,12H2,1H3. The van der Waals surface area contributed by atoms with Crippen LogP contribution in [-0.4, -0.2) is 31.4 Å². The van der Waals surface area contributed by atoms with E-state index in [2.05, 4.69) is 29.8 Å². The highest BCUT2D eigenvalue weighted by Gasteiger charge is 2.47. The predicted molar refractivity (Wildman–Crippen MR) is 79.7 cm³/mol. The van der Waals surface area contributed by atoms with E-state index in [9.17, 15) is 8.42 Å². The summed E-state index contributed by atoms with van der Waals surface area (Å²) < 4.78 is 29.3. The number of hydrogen-bond donors (Lipinski definition) is 1. The minimum atomic E-state index is -3.30. The minimum Gasteiger partial charge on any atom is -0.196 e. The molecule has 0 unspecified atom stereocenters. The fraction of sp³-hybridized carbons (Fsp3) is 0.600. The fourth-order valence-electron chi connectivity index (χ4n) is 2.95. The highest BCUT2D eigenvalue weighted by molar-refractivity contribution is 7.87. The van der Waals surface area contributed by atoms with E-state index in [4.69, 9.17) is 0 Å². The lowest BCUT2D eigenvalue weighted by Gasteiger charge is -2.22. The molecular weight excluding hydrogens is 272 g/mol. The van der Waals surface area contributed by atoms with Crippen molar-refractivity contribution in [1.82, 2.24) is 9.03 Å². The number of nitrogens with zero attached hydrogens (tertiary/aromatic N) is 1. The number of rotatable bonds is 5. The normalized spacial score (nSPS) is 22.1. The molecule has 0 amide bonds. The van der Waals surface area contributed by atoms with Gasteiger partial charge in [-0.3, -0.25) is 0 Å². The first-order chi connectivity index (χ1) is 9.49. The molecule has 0 spiro atoms. The molecule has 1 aromatic carbocycles. The maximum atomic E-state index is 12.4. The maximum absolute atomic E-state index is 12.4. The monoisotopic (exact) mass is 294 g/mol. The molecule has 5 heteroatoms. The topological polar surface area (TPSA) is 49.4 Å². The van der Waals surface area contributed by atoms with Crippen molar-refractivity contribution in [3.05, 3.63) is 35.4 Å². The van der Waals surface area contributed by atoms with E-state index in [0.29, 0.717) is 13.1 Å². The molecule has 0 atom stereocenters. The Balaban J connectivity index is 1.70. The van der Waals surface area contributed by atoms with Gasteiger partial charge in [-0.1, -0.05) is 29.8 Å². The van der Waals surface area contributed by atoms with Gasteiger partial charge in [0.15, 0.2) is 0 Å². The Bertz CT molecular complexity index is 588. The van der Waals surface area contributed by atoms with E-state index in [-0.39, 0.29) is 5.54 Å². The first-order valence-corrected chi connectivity index (χ1v) is 8.78. The van der Waals surface area contributed by atoms with E-state index in [0.717, 1.165) is 32.1 Å². The van der Waals surface area contributed by atoms with Gasteiger partial charge in [0, 0.05) is 18.6 Å². The number of hydrogen-bond acceptors (Lipinski definition) is 2. The first-order valence-electron chi connectivity index (χ1n) is 7.34. The number of nitrogens with one attached hydrogen (secondary N) is 1. The lowest BCUT2D eigenvalue weighted by molar-refractivity contribution is 0.446. The van der Waals surface area contributed by atoms with Crippen LogP contribution in [0, 0.1) is 6.92 Å². The molecule has 0 aromatic heterocycles. The van der Waals surface area contributed by atoms with Crippen LogP contribution in [0.5, 0.6) is 0 Å². The second kappa shape index (κ2) is 5.13. The van der Waals surface area contributed by atoms with Crippen LogP contribution in [0.15, 0.2) is 24.3 Å². The number of benzene rings is 1. The van der Waals surface area contributed by atoms with Gasteiger partial charge in [-0.05, 0) is 44.6 Å². The highest BCUT2D eigenvalue weighted by atomic mass is 32.2. The molecule has 20 heavy (non-hydrogen) atoms. The molecule has 0 bridgehead atoms. The quantitative estimate of drug-likeness (QED) is 0.903. The minimum absolute atomic E-state index is 0.241. The van der Waals surface area contributed by atoms with Crippen LogP contribution in [0.3, 0.4) is 0 Å². The second-order valence-corrected chi connectivity index (χ2v) is 7.83. The van der Waals surface area contributed by atoms with Crippen LogP contribution in [-0.2, 0) is 16.6 Å². The Morgan fingerprint density at radius 3 is 2.55 bits per heavy atom. The van der Waals surface area contributed by atoms with Crippen LogP contribution in [0.25, 0.3) is 0 Å². The van der Waals surface area contributed by atoms with E-state index < -0.39 is 10.2 Å². The summed E-state index contributed by atoms with van der Waals surface area (Å²) in [6, 6.07) is 8.33. The van der Waals surface area contributed by atoms with Crippen LogP contribution < -0.4 is 4.72 Å². The fourth-order valence-corrected chi connectivity index (χ4v) is 4.64. The summed E-state index contributed by atoms with van der Waals surface area (Å²) in [5.74, 6) is 0. The Morgan fingerprint density at radius 1 is 1.25 bits per heavy atom. The summed E-state index contributed by atoms with van der Waals surface area (Å²) in [6.45, 7) is 3.39. The van der Waals surface area contributed by atoms with Crippen LogP contribution in [0.2, 0.25) is 0 Å². The Morgan fingerprint density at radius 2 is 1.95 bits per heavy atom. The molecule has 1 aromatic rings. The van der Waals surface area contributed by atoms with E-state index in [1.165, 1.54) is 11.1 Å². The van der Waals surface area contributed by atoms with Gasteiger partial charge in [0.05, 0.1) is 0 Å². The first kappa shape index (κ1) is 14.0. The Hall–Kier alpha value is -0.910. The van der Waals surface area contributed by atoms with Crippen LogP contribution in [0.4, 0.5) is 0 Å². The van der Waals surface area contributed by atoms with Crippen molar-refractivity contribution in [1.29, 1.82) is 0 Å².